The minimum Gasteiger partial charge on any atom is -0.376 e. The zero-order chi connectivity index (χ0) is 9.97. The minimum atomic E-state index is -0.249. The van der Waals surface area contributed by atoms with Crippen LogP contribution in [0.5, 0.6) is 0 Å². The van der Waals surface area contributed by atoms with Crippen molar-refractivity contribution in [2.24, 2.45) is 0 Å². The molecule has 0 aromatic heterocycles. The first kappa shape index (κ1) is 10.1. The highest BCUT2D eigenvalue weighted by molar-refractivity contribution is 9.10. The Hall–Kier alpha value is -0.450. The van der Waals surface area contributed by atoms with Crippen molar-refractivity contribution in [1.82, 2.24) is 0 Å². The zero-order valence-corrected chi connectivity index (χ0v) is 9.09. The second kappa shape index (κ2) is 4.38. The molecule has 0 unspecified atom stereocenters. The number of hydrogen-bond acceptors (Lipinski definition) is 2. The zero-order valence-electron chi connectivity index (χ0n) is 7.50. The monoisotopic (exact) mass is 260 g/mol. The maximum atomic E-state index is 12.9. The summed E-state index contributed by atoms with van der Waals surface area (Å²) in [6, 6.07) is 4.88. The molecule has 1 saturated heterocycles. The van der Waals surface area contributed by atoms with Gasteiger partial charge in [-0.25, -0.2) is 4.39 Å². The molecule has 1 aromatic rings. The summed E-state index contributed by atoms with van der Waals surface area (Å²) >= 11 is 3.13. The molecule has 0 N–H and O–H groups in total. The van der Waals surface area contributed by atoms with Crippen LogP contribution in [0.3, 0.4) is 0 Å². The molecular formula is C10H10BrFO2. The van der Waals surface area contributed by atoms with Gasteiger partial charge in [-0.05, 0) is 33.6 Å². The molecule has 0 atom stereocenters. The smallest absolute Gasteiger partial charge is 0.137 e. The van der Waals surface area contributed by atoms with Crippen LogP contribution in [0.2, 0.25) is 0 Å². The Bertz CT molecular complexity index is 326. The van der Waals surface area contributed by atoms with Crippen LogP contribution >= 0.6 is 15.9 Å². The molecule has 2 nitrogen and oxygen atoms in total. The van der Waals surface area contributed by atoms with Crippen molar-refractivity contribution in [2.45, 2.75) is 12.7 Å². The molecule has 76 valence electrons. The standard InChI is InChI=1S/C10H10BrFO2/c11-9-3-7(1-2-10(9)12)4-14-8-5-13-6-8/h1-3,8H,4-6H2. The van der Waals surface area contributed by atoms with Crippen molar-refractivity contribution in [3.8, 4) is 0 Å². The summed E-state index contributed by atoms with van der Waals surface area (Å²) in [5.41, 5.74) is 0.963. The molecule has 0 bridgehead atoms. The highest BCUT2D eigenvalue weighted by atomic mass is 79.9. The third kappa shape index (κ3) is 2.32. The molecule has 1 aromatic carbocycles. The van der Waals surface area contributed by atoms with Crippen molar-refractivity contribution < 1.29 is 13.9 Å². The Labute approximate surface area is 90.1 Å². The van der Waals surface area contributed by atoms with Gasteiger partial charge in [-0.15, -0.1) is 0 Å². The first-order chi connectivity index (χ1) is 6.75. The van der Waals surface area contributed by atoms with Crippen LogP contribution in [0.15, 0.2) is 22.7 Å². The van der Waals surface area contributed by atoms with Crippen molar-refractivity contribution in [3.05, 3.63) is 34.1 Å². The molecule has 0 aliphatic carbocycles. The lowest BCUT2D eigenvalue weighted by Crippen LogP contribution is -2.35. The number of rotatable bonds is 3. The SMILES string of the molecule is Fc1ccc(COC2COC2)cc1Br. The van der Waals surface area contributed by atoms with Crippen LogP contribution in [-0.4, -0.2) is 19.3 Å². The van der Waals surface area contributed by atoms with Gasteiger partial charge in [0.25, 0.3) is 0 Å². The van der Waals surface area contributed by atoms with Gasteiger partial charge in [-0.3, -0.25) is 0 Å². The van der Waals surface area contributed by atoms with Gasteiger partial charge in [0.05, 0.1) is 24.3 Å². The van der Waals surface area contributed by atoms with Crippen LogP contribution in [0.1, 0.15) is 5.56 Å². The molecule has 1 aliphatic rings. The van der Waals surface area contributed by atoms with Crippen LogP contribution in [0.4, 0.5) is 4.39 Å². The molecule has 1 aliphatic heterocycles. The van der Waals surface area contributed by atoms with Gasteiger partial charge in [0.15, 0.2) is 0 Å². The number of benzene rings is 1. The molecule has 2 rings (SSSR count). The van der Waals surface area contributed by atoms with E-state index in [1.54, 1.807) is 12.1 Å². The van der Waals surface area contributed by atoms with Crippen molar-refractivity contribution in [1.29, 1.82) is 0 Å². The lowest BCUT2D eigenvalue weighted by atomic mass is 10.2. The fraction of sp³-hybridized carbons (Fsp3) is 0.400. The molecule has 14 heavy (non-hydrogen) atoms. The van der Waals surface area contributed by atoms with Gasteiger partial charge in [-0.2, -0.15) is 0 Å². The summed E-state index contributed by atoms with van der Waals surface area (Å²) in [5, 5.41) is 0. The summed E-state index contributed by atoms with van der Waals surface area (Å²) < 4.78 is 23.8. The number of halogens is 2. The molecule has 0 amide bonds. The third-order valence-electron chi connectivity index (χ3n) is 2.08. The van der Waals surface area contributed by atoms with Gasteiger partial charge >= 0.3 is 0 Å². The van der Waals surface area contributed by atoms with Crippen LogP contribution < -0.4 is 0 Å². The van der Waals surface area contributed by atoms with Crippen LogP contribution in [0, 0.1) is 5.82 Å². The van der Waals surface area contributed by atoms with E-state index in [9.17, 15) is 4.39 Å². The Morgan fingerprint density at radius 2 is 2.29 bits per heavy atom. The quantitative estimate of drug-likeness (QED) is 0.832. The van der Waals surface area contributed by atoms with E-state index in [0.717, 1.165) is 5.56 Å². The fourth-order valence-corrected chi connectivity index (χ4v) is 1.58. The third-order valence-corrected chi connectivity index (χ3v) is 2.68. The Kier molecular flexibility index (Phi) is 3.15. The predicted octanol–water partition coefficient (Wildman–Crippen LogP) is 2.50. The first-order valence-electron chi connectivity index (χ1n) is 4.39. The number of ether oxygens (including phenoxy) is 2. The van der Waals surface area contributed by atoms with Gasteiger partial charge in [-0.1, -0.05) is 6.07 Å². The topological polar surface area (TPSA) is 18.5 Å². The summed E-state index contributed by atoms with van der Waals surface area (Å²) in [4.78, 5) is 0. The predicted molar refractivity (Wildman–Crippen MR) is 53.5 cm³/mol. The average molecular weight is 261 g/mol. The van der Waals surface area contributed by atoms with E-state index in [4.69, 9.17) is 9.47 Å². The molecule has 4 heteroatoms. The first-order valence-corrected chi connectivity index (χ1v) is 5.18. The van der Waals surface area contributed by atoms with E-state index in [1.807, 2.05) is 0 Å². The van der Waals surface area contributed by atoms with E-state index < -0.39 is 0 Å². The lowest BCUT2D eigenvalue weighted by Gasteiger charge is -2.25. The molecular weight excluding hydrogens is 251 g/mol. The lowest BCUT2D eigenvalue weighted by molar-refractivity contribution is -0.135. The molecule has 0 spiro atoms. The van der Waals surface area contributed by atoms with Crippen molar-refractivity contribution >= 4 is 15.9 Å². The second-order valence-corrected chi connectivity index (χ2v) is 4.07. The summed E-state index contributed by atoms with van der Waals surface area (Å²) in [5.74, 6) is -0.249. The van der Waals surface area contributed by atoms with Crippen molar-refractivity contribution in [3.63, 3.8) is 0 Å². The second-order valence-electron chi connectivity index (χ2n) is 3.22. The molecule has 0 radical (unpaired) electrons. The largest absolute Gasteiger partial charge is 0.376 e. The maximum absolute atomic E-state index is 12.9. The van der Waals surface area contributed by atoms with E-state index in [-0.39, 0.29) is 11.9 Å². The fourth-order valence-electron chi connectivity index (χ4n) is 1.15. The molecule has 1 heterocycles. The van der Waals surface area contributed by atoms with Gasteiger partial charge in [0.2, 0.25) is 0 Å². The normalized spacial score (nSPS) is 16.7. The Morgan fingerprint density at radius 1 is 1.50 bits per heavy atom. The molecule has 1 fully saturated rings. The minimum absolute atomic E-state index is 0.207. The Balaban J connectivity index is 1.91. The van der Waals surface area contributed by atoms with Crippen LogP contribution in [0.25, 0.3) is 0 Å². The highest BCUT2D eigenvalue weighted by Gasteiger charge is 2.18. The Morgan fingerprint density at radius 3 is 2.86 bits per heavy atom. The van der Waals surface area contributed by atoms with E-state index in [1.165, 1.54) is 6.07 Å². The van der Waals surface area contributed by atoms with Gasteiger partial charge in [0, 0.05) is 0 Å². The average Bonchev–Trinajstić information content (AvgIpc) is 2.08. The van der Waals surface area contributed by atoms with E-state index >= 15 is 0 Å². The van der Waals surface area contributed by atoms with Crippen LogP contribution in [-0.2, 0) is 16.1 Å². The van der Waals surface area contributed by atoms with Gasteiger partial charge < -0.3 is 9.47 Å². The maximum Gasteiger partial charge on any atom is 0.137 e. The summed E-state index contributed by atoms with van der Waals surface area (Å²) in [6.07, 6.45) is 0.207. The summed E-state index contributed by atoms with van der Waals surface area (Å²) in [6.45, 7) is 1.84. The molecule has 0 saturated carbocycles. The van der Waals surface area contributed by atoms with E-state index in [2.05, 4.69) is 15.9 Å². The van der Waals surface area contributed by atoms with Crippen molar-refractivity contribution in [2.75, 3.05) is 13.2 Å². The number of hydrogen-bond donors (Lipinski definition) is 0. The highest BCUT2D eigenvalue weighted by Crippen LogP contribution is 2.18. The van der Waals surface area contributed by atoms with Gasteiger partial charge in [0.1, 0.15) is 11.9 Å². The summed E-state index contributed by atoms with van der Waals surface area (Å²) in [7, 11) is 0. The van der Waals surface area contributed by atoms with E-state index in [0.29, 0.717) is 24.3 Å².